The maximum atomic E-state index is 11.9. The first-order valence-corrected chi connectivity index (χ1v) is 6.81. The van der Waals surface area contributed by atoms with Crippen LogP contribution in [0.2, 0.25) is 0 Å². The molecule has 0 radical (unpaired) electrons. The molecule has 4 heteroatoms. The number of benzene rings is 1. The van der Waals surface area contributed by atoms with Gasteiger partial charge < -0.3 is 11.1 Å². The van der Waals surface area contributed by atoms with E-state index < -0.39 is 0 Å². The van der Waals surface area contributed by atoms with Gasteiger partial charge in [-0.25, -0.2) is 0 Å². The van der Waals surface area contributed by atoms with E-state index in [1.807, 2.05) is 45.9 Å². The van der Waals surface area contributed by atoms with Crippen LogP contribution in [-0.2, 0) is 4.79 Å². The van der Waals surface area contributed by atoms with E-state index in [1.165, 1.54) is 0 Å². The lowest BCUT2D eigenvalue weighted by Crippen LogP contribution is -2.38. The smallest absolute Gasteiger partial charge is 0.225 e. The van der Waals surface area contributed by atoms with Crippen molar-refractivity contribution in [3.05, 3.63) is 28.2 Å². The second-order valence-electron chi connectivity index (χ2n) is 5.66. The first kappa shape index (κ1) is 15.2. The number of nitrogens with one attached hydrogen (secondary N) is 1. The van der Waals surface area contributed by atoms with E-state index in [1.54, 1.807) is 0 Å². The van der Waals surface area contributed by atoms with Crippen LogP contribution in [0.15, 0.2) is 22.7 Å². The molecule has 0 aliphatic heterocycles. The Kier molecular flexibility index (Phi) is 4.93. The van der Waals surface area contributed by atoms with E-state index in [4.69, 9.17) is 5.73 Å². The van der Waals surface area contributed by atoms with Gasteiger partial charge >= 0.3 is 0 Å². The summed E-state index contributed by atoms with van der Waals surface area (Å²) in [6.45, 7) is 8.09. The Labute approximate surface area is 117 Å². The van der Waals surface area contributed by atoms with Gasteiger partial charge in [0.25, 0.3) is 0 Å². The van der Waals surface area contributed by atoms with Crippen LogP contribution >= 0.6 is 15.9 Å². The van der Waals surface area contributed by atoms with Crippen molar-refractivity contribution in [1.29, 1.82) is 0 Å². The van der Waals surface area contributed by atoms with Gasteiger partial charge in [0.1, 0.15) is 0 Å². The lowest BCUT2D eigenvalue weighted by molar-refractivity contribution is -0.117. The van der Waals surface area contributed by atoms with E-state index in [2.05, 4.69) is 21.2 Å². The van der Waals surface area contributed by atoms with Gasteiger partial charge in [-0.3, -0.25) is 4.79 Å². The number of halogens is 1. The van der Waals surface area contributed by atoms with E-state index in [-0.39, 0.29) is 17.4 Å². The Morgan fingerprint density at radius 2 is 2.06 bits per heavy atom. The van der Waals surface area contributed by atoms with Crippen molar-refractivity contribution < 1.29 is 4.79 Å². The van der Waals surface area contributed by atoms with Crippen molar-refractivity contribution in [3.8, 4) is 0 Å². The molecule has 0 saturated heterocycles. The largest absolute Gasteiger partial charge is 0.327 e. The summed E-state index contributed by atoms with van der Waals surface area (Å²) < 4.78 is 0.919. The van der Waals surface area contributed by atoms with Gasteiger partial charge in [0, 0.05) is 16.9 Å². The molecule has 3 nitrogen and oxygen atoms in total. The van der Waals surface area contributed by atoms with E-state index >= 15 is 0 Å². The molecule has 1 aromatic rings. The summed E-state index contributed by atoms with van der Waals surface area (Å²) in [5.74, 6) is -0.0521. The number of carbonyl (C=O) groups is 1. The van der Waals surface area contributed by atoms with Crippen molar-refractivity contribution in [2.24, 2.45) is 11.1 Å². The van der Waals surface area contributed by atoms with Crippen LogP contribution in [0.3, 0.4) is 0 Å². The number of anilines is 1. The number of amides is 1. The summed E-state index contributed by atoms with van der Waals surface area (Å²) in [4.78, 5) is 11.9. The zero-order valence-corrected chi connectivity index (χ0v) is 13.0. The lowest BCUT2D eigenvalue weighted by Gasteiger charge is -2.26. The Hall–Kier alpha value is -0.870. The molecule has 1 amide bonds. The molecule has 1 unspecified atom stereocenters. The summed E-state index contributed by atoms with van der Waals surface area (Å²) in [6.07, 6.45) is 0.323. The number of rotatable bonds is 3. The third-order valence-corrected chi connectivity index (χ3v) is 4.04. The average molecular weight is 313 g/mol. The lowest BCUT2D eigenvalue weighted by atomic mass is 9.85. The highest BCUT2D eigenvalue weighted by Gasteiger charge is 2.23. The minimum Gasteiger partial charge on any atom is -0.327 e. The topological polar surface area (TPSA) is 55.1 Å². The molecule has 1 aromatic carbocycles. The highest BCUT2D eigenvalue weighted by atomic mass is 79.9. The van der Waals surface area contributed by atoms with E-state index in [0.29, 0.717) is 6.42 Å². The zero-order chi connectivity index (χ0) is 13.9. The fourth-order valence-electron chi connectivity index (χ4n) is 1.45. The molecule has 0 aromatic heterocycles. The molecular formula is C14H21BrN2O. The molecule has 3 N–H and O–H groups in total. The summed E-state index contributed by atoms with van der Waals surface area (Å²) in [5.41, 5.74) is 7.82. The molecule has 1 atom stereocenters. The quantitative estimate of drug-likeness (QED) is 0.898. The zero-order valence-electron chi connectivity index (χ0n) is 11.4. The number of aryl methyl sites for hydroxylation is 1. The molecule has 100 valence electrons. The molecular weight excluding hydrogens is 292 g/mol. The highest BCUT2D eigenvalue weighted by Crippen LogP contribution is 2.26. The normalized spacial score (nSPS) is 13.2. The molecule has 0 aliphatic carbocycles. The van der Waals surface area contributed by atoms with Gasteiger partial charge in [-0.2, -0.15) is 0 Å². The molecule has 0 bridgehead atoms. The molecule has 0 fully saturated rings. The number of carbonyl (C=O) groups excluding carboxylic acids is 1. The first-order chi connectivity index (χ1) is 8.21. The molecule has 0 saturated carbocycles. The first-order valence-electron chi connectivity index (χ1n) is 6.02. The van der Waals surface area contributed by atoms with Crippen LogP contribution in [0.5, 0.6) is 0 Å². The number of nitrogens with two attached hydrogens (primary N) is 1. The summed E-state index contributed by atoms with van der Waals surface area (Å²) >= 11 is 3.47. The molecule has 18 heavy (non-hydrogen) atoms. The molecule has 0 heterocycles. The third kappa shape index (κ3) is 4.10. The maximum absolute atomic E-state index is 11.9. The second-order valence-corrected chi connectivity index (χ2v) is 6.45. The van der Waals surface area contributed by atoms with Crippen molar-refractivity contribution in [2.75, 3.05) is 5.32 Å². The summed E-state index contributed by atoms with van der Waals surface area (Å²) in [6, 6.07) is 5.62. The highest BCUT2D eigenvalue weighted by molar-refractivity contribution is 9.10. The number of hydrogen-bond acceptors (Lipinski definition) is 2. The Morgan fingerprint density at radius 1 is 1.44 bits per heavy atom. The van der Waals surface area contributed by atoms with Gasteiger partial charge in [0.15, 0.2) is 0 Å². The van der Waals surface area contributed by atoms with Crippen LogP contribution in [0.25, 0.3) is 0 Å². The van der Waals surface area contributed by atoms with Gasteiger partial charge in [0.05, 0.1) is 5.69 Å². The van der Waals surface area contributed by atoms with Crippen molar-refractivity contribution in [3.63, 3.8) is 0 Å². The number of hydrogen-bond donors (Lipinski definition) is 2. The fraction of sp³-hybridized carbons (Fsp3) is 0.500. The van der Waals surface area contributed by atoms with Gasteiger partial charge in [0.2, 0.25) is 5.91 Å². The Balaban J connectivity index is 2.69. The minimum absolute atomic E-state index is 0.0521. The van der Waals surface area contributed by atoms with Crippen LogP contribution in [-0.4, -0.2) is 11.9 Å². The molecule has 0 aliphatic rings. The van der Waals surface area contributed by atoms with Crippen LogP contribution in [0, 0.1) is 12.3 Å². The van der Waals surface area contributed by atoms with Crippen LogP contribution < -0.4 is 11.1 Å². The van der Waals surface area contributed by atoms with Gasteiger partial charge in [-0.05, 0) is 39.9 Å². The third-order valence-electron chi connectivity index (χ3n) is 2.98. The van der Waals surface area contributed by atoms with Crippen molar-refractivity contribution in [2.45, 2.75) is 40.2 Å². The fourth-order valence-corrected chi connectivity index (χ4v) is 1.81. The minimum atomic E-state index is -0.152. The van der Waals surface area contributed by atoms with Gasteiger partial charge in [-0.1, -0.05) is 32.9 Å². The Morgan fingerprint density at radius 3 is 2.61 bits per heavy atom. The predicted octanol–water partition coefficient (Wildman–Crippen LogP) is 3.46. The second kappa shape index (κ2) is 5.85. The standard InChI is InChI=1S/C14H21BrN2O/c1-9-6-5-7-10(13(9)15)17-12(18)8-11(16)14(2,3)4/h5-7,11H,8,16H2,1-4H3,(H,17,18). The van der Waals surface area contributed by atoms with Crippen LogP contribution in [0.4, 0.5) is 5.69 Å². The van der Waals surface area contributed by atoms with E-state index in [0.717, 1.165) is 15.7 Å². The molecule has 0 spiro atoms. The van der Waals surface area contributed by atoms with Crippen molar-refractivity contribution in [1.82, 2.24) is 0 Å². The monoisotopic (exact) mass is 312 g/mol. The summed E-state index contributed by atoms with van der Waals surface area (Å²) in [5, 5.41) is 2.89. The predicted molar refractivity (Wildman–Crippen MR) is 79.6 cm³/mol. The average Bonchev–Trinajstić information content (AvgIpc) is 2.23. The maximum Gasteiger partial charge on any atom is 0.225 e. The van der Waals surface area contributed by atoms with E-state index in [9.17, 15) is 4.79 Å². The molecule has 1 rings (SSSR count). The Bertz CT molecular complexity index is 438. The van der Waals surface area contributed by atoms with Crippen molar-refractivity contribution >= 4 is 27.5 Å². The van der Waals surface area contributed by atoms with Crippen LogP contribution in [0.1, 0.15) is 32.8 Å². The SMILES string of the molecule is Cc1cccc(NC(=O)CC(N)C(C)(C)C)c1Br. The summed E-state index contributed by atoms with van der Waals surface area (Å²) in [7, 11) is 0. The van der Waals surface area contributed by atoms with Gasteiger partial charge in [-0.15, -0.1) is 0 Å².